The molecule has 1 unspecified atom stereocenters. The van der Waals surface area contributed by atoms with E-state index in [2.05, 4.69) is 23.8 Å². The Labute approximate surface area is 94.1 Å². The zero-order valence-corrected chi connectivity index (χ0v) is 10.4. The third kappa shape index (κ3) is 4.49. The number of hydrogen-bond acceptors (Lipinski definition) is 3. The lowest BCUT2D eigenvalue weighted by molar-refractivity contribution is 0.109. The van der Waals surface area contributed by atoms with E-state index >= 15 is 0 Å². The second-order valence-electron chi connectivity index (χ2n) is 4.78. The minimum atomic E-state index is -0.164. The van der Waals surface area contributed by atoms with Gasteiger partial charge in [-0.25, -0.2) is 0 Å². The summed E-state index contributed by atoms with van der Waals surface area (Å²) in [5, 5.41) is 9.24. The molecule has 1 rings (SSSR count). The highest BCUT2D eigenvalue weighted by Crippen LogP contribution is 2.15. The average molecular weight is 214 g/mol. The van der Waals surface area contributed by atoms with Gasteiger partial charge < -0.3 is 14.9 Å². The zero-order chi connectivity index (χ0) is 11.3. The first-order valence-electron chi connectivity index (χ1n) is 6.24. The van der Waals surface area contributed by atoms with Crippen LogP contribution < -0.4 is 0 Å². The summed E-state index contributed by atoms with van der Waals surface area (Å²) in [5.41, 5.74) is 0. The number of hydrogen-bond donors (Lipinski definition) is 1. The summed E-state index contributed by atoms with van der Waals surface area (Å²) < 4.78 is 0. The summed E-state index contributed by atoms with van der Waals surface area (Å²) in [6.07, 6.45) is 3.29. The van der Waals surface area contributed by atoms with Crippen molar-refractivity contribution in [2.75, 3.05) is 33.2 Å². The van der Waals surface area contributed by atoms with Crippen molar-refractivity contribution in [1.82, 2.24) is 9.80 Å². The van der Waals surface area contributed by atoms with Crippen LogP contribution in [0.5, 0.6) is 0 Å². The molecule has 0 radical (unpaired) electrons. The van der Waals surface area contributed by atoms with Crippen LogP contribution in [-0.4, -0.2) is 60.3 Å². The minimum absolute atomic E-state index is 0.164. The molecule has 0 bridgehead atoms. The Morgan fingerprint density at radius 1 is 1.40 bits per heavy atom. The van der Waals surface area contributed by atoms with Crippen molar-refractivity contribution in [3.8, 4) is 0 Å². The maximum Gasteiger partial charge on any atom is 0.0524 e. The second kappa shape index (κ2) is 6.46. The molecule has 3 nitrogen and oxygen atoms in total. The fourth-order valence-electron chi connectivity index (χ4n) is 2.25. The number of likely N-dealkylation sites (tertiary alicyclic amines) is 1. The van der Waals surface area contributed by atoms with Gasteiger partial charge in [0.15, 0.2) is 0 Å². The number of nitrogens with zero attached hydrogens (tertiary/aromatic N) is 2. The fourth-order valence-corrected chi connectivity index (χ4v) is 2.25. The van der Waals surface area contributed by atoms with Crippen LogP contribution in [0.4, 0.5) is 0 Å². The van der Waals surface area contributed by atoms with Gasteiger partial charge in [0.1, 0.15) is 0 Å². The largest absolute Gasteiger partial charge is 0.393 e. The van der Waals surface area contributed by atoms with E-state index in [0.29, 0.717) is 0 Å². The molecule has 0 aromatic rings. The number of rotatable bonds is 5. The van der Waals surface area contributed by atoms with Crippen molar-refractivity contribution >= 4 is 0 Å². The van der Waals surface area contributed by atoms with Crippen molar-refractivity contribution in [2.24, 2.45) is 0 Å². The number of aliphatic hydroxyl groups is 1. The van der Waals surface area contributed by atoms with Crippen LogP contribution in [0.1, 0.15) is 33.1 Å². The van der Waals surface area contributed by atoms with Crippen LogP contribution >= 0.6 is 0 Å². The number of piperidine rings is 1. The predicted molar refractivity (Wildman–Crippen MR) is 64.1 cm³/mol. The third-order valence-electron chi connectivity index (χ3n) is 3.53. The summed E-state index contributed by atoms with van der Waals surface area (Å²) in [7, 11) is 2.19. The lowest BCUT2D eigenvalue weighted by Gasteiger charge is -2.36. The van der Waals surface area contributed by atoms with Crippen LogP contribution in [0.25, 0.3) is 0 Å². The van der Waals surface area contributed by atoms with E-state index in [1.807, 2.05) is 6.92 Å². The molecule has 0 amide bonds. The van der Waals surface area contributed by atoms with E-state index in [9.17, 15) is 5.11 Å². The van der Waals surface area contributed by atoms with E-state index in [4.69, 9.17) is 0 Å². The van der Waals surface area contributed by atoms with Crippen molar-refractivity contribution in [1.29, 1.82) is 0 Å². The highest BCUT2D eigenvalue weighted by atomic mass is 16.3. The SMILES string of the molecule is CCN1CCC(N(C)CCC(C)O)CC1. The van der Waals surface area contributed by atoms with Gasteiger partial charge in [0.25, 0.3) is 0 Å². The van der Waals surface area contributed by atoms with Gasteiger partial charge in [-0.05, 0) is 52.9 Å². The van der Waals surface area contributed by atoms with Crippen LogP contribution in [0.2, 0.25) is 0 Å². The van der Waals surface area contributed by atoms with Crippen LogP contribution in [0.15, 0.2) is 0 Å². The Bertz CT molecular complexity index is 165. The van der Waals surface area contributed by atoms with E-state index < -0.39 is 0 Å². The number of aliphatic hydroxyl groups excluding tert-OH is 1. The fraction of sp³-hybridized carbons (Fsp3) is 1.00. The van der Waals surface area contributed by atoms with Crippen molar-refractivity contribution in [3.05, 3.63) is 0 Å². The van der Waals surface area contributed by atoms with Gasteiger partial charge in [-0.15, -0.1) is 0 Å². The van der Waals surface area contributed by atoms with Gasteiger partial charge in [0, 0.05) is 12.6 Å². The zero-order valence-electron chi connectivity index (χ0n) is 10.4. The van der Waals surface area contributed by atoms with Crippen molar-refractivity contribution in [2.45, 2.75) is 45.3 Å². The Morgan fingerprint density at radius 3 is 2.47 bits per heavy atom. The van der Waals surface area contributed by atoms with Crippen molar-refractivity contribution < 1.29 is 5.11 Å². The molecular weight excluding hydrogens is 188 g/mol. The van der Waals surface area contributed by atoms with Crippen molar-refractivity contribution in [3.63, 3.8) is 0 Å². The van der Waals surface area contributed by atoms with Crippen LogP contribution in [0.3, 0.4) is 0 Å². The minimum Gasteiger partial charge on any atom is -0.393 e. The summed E-state index contributed by atoms with van der Waals surface area (Å²) in [4.78, 5) is 4.93. The monoisotopic (exact) mass is 214 g/mol. The molecule has 0 saturated carbocycles. The molecular formula is C12H26N2O. The maximum absolute atomic E-state index is 9.24. The van der Waals surface area contributed by atoms with E-state index in [1.165, 1.54) is 32.5 Å². The van der Waals surface area contributed by atoms with Crippen LogP contribution in [-0.2, 0) is 0 Å². The van der Waals surface area contributed by atoms with E-state index in [-0.39, 0.29) is 6.10 Å². The Kier molecular flexibility index (Phi) is 5.58. The van der Waals surface area contributed by atoms with Gasteiger partial charge in [-0.2, -0.15) is 0 Å². The molecule has 15 heavy (non-hydrogen) atoms. The molecule has 1 atom stereocenters. The molecule has 1 saturated heterocycles. The normalized spacial score (nSPS) is 22.2. The van der Waals surface area contributed by atoms with Gasteiger partial charge >= 0.3 is 0 Å². The third-order valence-corrected chi connectivity index (χ3v) is 3.53. The molecule has 1 aliphatic heterocycles. The molecule has 0 aromatic carbocycles. The topological polar surface area (TPSA) is 26.7 Å². The molecule has 1 heterocycles. The lowest BCUT2D eigenvalue weighted by atomic mass is 10.0. The molecule has 0 aromatic heterocycles. The molecule has 1 aliphatic rings. The van der Waals surface area contributed by atoms with Gasteiger partial charge in [-0.3, -0.25) is 0 Å². The summed E-state index contributed by atoms with van der Waals surface area (Å²) in [6, 6.07) is 0.728. The molecule has 1 N–H and O–H groups in total. The second-order valence-corrected chi connectivity index (χ2v) is 4.78. The Hall–Kier alpha value is -0.120. The standard InChI is InChI=1S/C12H26N2O/c1-4-14-9-6-12(7-10-14)13(3)8-5-11(2)15/h11-12,15H,4-10H2,1-3H3. The summed E-state index contributed by atoms with van der Waals surface area (Å²) in [5.74, 6) is 0. The quantitative estimate of drug-likeness (QED) is 0.744. The van der Waals surface area contributed by atoms with Gasteiger partial charge in [-0.1, -0.05) is 6.92 Å². The molecule has 0 aliphatic carbocycles. The molecule has 3 heteroatoms. The first-order valence-corrected chi connectivity index (χ1v) is 6.24. The smallest absolute Gasteiger partial charge is 0.0524 e. The maximum atomic E-state index is 9.24. The average Bonchev–Trinajstić information content (AvgIpc) is 2.26. The Balaban J connectivity index is 2.20. The van der Waals surface area contributed by atoms with Gasteiger partial charge in [0.05, 0.1) is 6.10 Å². The van der Waals surface area contributed by atoms with E-state index in [0.717, 1.165) is 19.0 Å². The predicted octanol–water partition coefficient (Wildman–Crippen LogP) is 1.17. The highest BCUT2D eigenvalue weighted by Gasteiger charge is 2.21. The first-order chi connectivity index (χ1) is 7.13. The Morgan fingerprint density at radius 2 is 2.00 bits per heavy atom. The lowest BCUT2D eigenvalue weighted by Crippen LogP contribution is -2.43. The van der Waals surface area contributed by atoms with Crippen LogP contribution in [0, 0.1) is 0 Å². The van der Waals surface area contributed by atoms with E-state index in [1.54, 1.807) is 0 Å². The summed E-state index contributed by atoms with van der Waals surface area (Å²) >= 11 is 0. The molecule has 1 fully saturated rings. The first kappa shape index (κ1) is 12.9. The van der Waals surface area contributed by atoms with Gasteiger partial charge in [0.2, 0.25) is 0 Å². The molecule has 90 valence electrons. The molecule has 0 spiro atoms. The summed E-state index contributed by atoms with van der Waals surface area (Å²) in [6.45, 7) is 8.78. The highest BCUT2D eigenvalue weighted by molar-refractivity contribution is 4.77.